The number of anilines is 1. The molecule has 3 rings (SSSR count). The van der Waals surface area contributed by atoms with Gasteiger partial charge in [0.1, 0.15) is 28.8 Å². The second-order valence-electron chi connectivity index (χ2n) is 17.4. The summed E-state index contributed by atoms with van der Waals surface area (Å²) in [5, 5.41) is 12.0. The Bertz CT molecular complexity index is 1500. The topological polar surface area (TPSA) is 185 Å². The van der Waals surface area contributed by atoms with Gasteiger partial charge >= 0.3 is 24.0 Å². The van der Waals surface area contributed by atoms with Crippen LogP contribution in [0.15, 0.2) is 17.1 Å². The van der Waals surface area contributed by atoms with Crippen LogP contribution in [0.2, 0.25) is 0 Å². The van der Waals surface area contributed by atoms with Gasteiger partial charge in [-0.25, -0.2) is 19.2 Å². The van der Waals surface area contributed by atoms with E-state index in [1.165, 1.54) is 10.8 Å². The highest BCUT2D eigenvalue weighted by Gasteiger charge is 2.29. The van der Waals surface area contributed by atoms with Crippen molar-refractivity contribution in [2.75, 3.05) is 70.8 Å². The molecule has 4 amide bonds. The summed E-state index contributed by atoms with van der Waals surface area (Å²) in [7, 11) is 0. The number of hydrogen-bond donors (Lipinski definition) is 2. The van der Waals surface area contributed by atoms with E-state index in [4.69, 9.17) is 18.9 Å². The minimum absolute atomic E-state index is 0.112. The number of aromatic nitrogens is 2. The molecule has 3 heterocycles. The molecule has 2 atom stereocenters. The van der Waals surface area contributed by atoms with Gasteiger partial charge in [-0.3, -0.25) is 9.36 Å². The van der Waals surface area contributed by atoms with Crippen LogP contribution >= 0.6 is 0 Å². The van der Waals surface area contributed by atoms with E-state index in [-0.39, 0.29) is 43.9 Å². The number of amides is 4. The summed E-state index contributed by atoms with van der Waals surface area (Å²) in [5.74, 6) is -0.105. The molecule has 2 aliphatic rings. The van der Waals surface area contributed by atoms with E-state index in [0.29, 0.717) is 84.3 Å². The number of aliphatic hydroxyl groups is 1. The first kappa shape index (κ1) is 46.4. The lowest BCUT2D eigenvalue weighted by Gasteiger charge is -2.34. The van der Waals surface area contributed by atoms with Crippen molar-refractivity contribution in [2.45, 2.75) is 136 Å². The zero-order valence-corrected chi connectivity index (χ0v) is 35.1. The number of unbranched alkanes of at least 4 members (excludes halogenated alkanes) is 1. The van der Waals surface area contributed by atoms with E-state index in [2.05, 4.69) is 15.2 Å². The third-order valence-corrected chi connectivity index (χ3v) is 8.86. The number of hydrogen-bond acceptors (Lipinski definition) is 12. The summed E-state index contributed by atoms with van der Waals surface area (Å²) in [6.07, 6.45) is 3.10. The smallest absolute Gasteiger partial charge is 0.410 e. The molecule has 17 nitrogen and oxygen atoms in total. The van der Waals surface area contributed by atoms with Crippen LogP contribution in [0, 0.1) is 0 Å². The van der Waals surface area contributed by atoms with Crippen LogP contribution in [0.25, 0.3) is 0 Å². The Morgan fingerprint density at radius 1 is 0.750 bits per heavy atom. The maximum atomic E-state index is 13.3. The summed E-state index contributed by atoms with van der Waals surface area (Å²) in [4.78, 5) is 76.5. The Morgan fingerprint density at radius 3 is 1.71 bits per heavy atom. The van der Waals surface area contributed by atoms with Crippen molar-refractivity contribution in [3.05, 3.63) is 22.7 Å². The number of carbonyl (C=O) groups excluding carboxylic acids is 4. The standard InChI is InChI=1S/C39H67N7O10/c1-37(2,3)54-34(50)43-21-13-22-45(36(52)56-39(7,8)9)27-26-44(35(51)55-38(4,5)6)20-12-19-42(24-25-43)18-11-10-14-31(48)40-30-17-23-46(33(49)41-30)32-16-15-29(28-47)53-32/h17,23,29,32,47H,10-16,18-22,24-28H2,1-9H3,(H,40,41,48,49)/t29-,32+/m0/s1. The van der Waals surface area contributed by atoms with Crippen molar-refractivity contribution in [3.63, 3.8) is 0 Å². The molecule has 0 saturated carbocycles. The van der Waals surface area contributed by atoms with Gasteiger partial charge < -0.3 is 49.0 Å². The van der Waals surface area contributed by atoms with E-state index >= 15 is 0 Å². The van der Waals surface area contributed by atoms with E-state index in [1.807, 2.05) is 41.5 Å². The van der Waals surface area contributed by atoms with Gasteiger partial charge in [-0.15, -0.1) is 0 Å². The minimum Gasteiger partial charge on any atom is -0.444 e. The molecule has 0 radical (unpaired) electrons. The first-order valence-corrected chi connectivity index (χ1v) is 19.9. The summed E-state index contributed by atoms with van der Waals surface area (Å²) in [6, 6.07) is 1.56. The van der Waals surface area contributed by atoms with Gasteiger partial charge in [-0.1, -0.05) is 0 Å². The Morgan fingerprint density at radius 2 is 1.25 bits per heavy atom. The summed E-state index contributed by atoms with van der Waals surface area (Å²) >= 11 is 0. The molecule has 1 aromatic heterocycles. The number of rotatable bonds is 8. The highest BCUT2D eigenvalue weighted by molar-refractivity contribution is 5.89. The molecule has 2 saturated heterocycles. The van der Waals surface area contributed by atoms with Gasteiger partial charge in [0.05, 0.1) is 12.7 Å². The molecule has 56 heavy (non-hydrogen) atoms. The summed E-state index contributed by atoms with van der Waals surface area (Å²) in [5.41, 5.74) is -2.64. The first-order valence-electron chi connectivity index (χ1n) is 19.9. The van der Waals surface area contributed by atoms with Crippen LogP contribution in [0.4, 0.5) is 20.2 Å². The van der Waals surface area contributed by atoms with Crippen molar-refractivity contribution in [1.29, 1.82) is 0 Å². The molecule has 318 valence electrons. The van der Waals surface area contributed by atoms with Gasteiger partial charge in [-0.05, 0) is 120 Å². The Balaban J connectivity index is 1.67. The number of nitrogens with zero attached hydrogens (tertiary/aromatic N) is 6. The largest absolute Gasteiger partial charge is 0.444 e. The number of aliphatic hydroxyl groups excluding tert-OH is 1. The van der Waals surface area contributed by atoms with Crippen LogP contribution in [0.1, 0.15) is 113 Å². The average Bonchev–Trinajstić information content (AvgIpc) is 3.54. The molecule has 0 spiro atoms. The van der Waals surface area contributed by atoms with Gasteiger partial charge in [-0.2, -0.15) is 4.98 Å². The summed E-state index contributed by atoms with van der Waals surface area (Å²) in [6.45, 7) is 19.8. The highest BCUT2D eigenvalue weighted by atomic mass is 16.6. The van der Waals surface area contributed by atoms with Gasteiger partial charge in [0, 0.05) is 58.4 Å². The minimum atomic E-state index is -0.710. The van der Waals surface area contributed by atoms with E-state index in [9.17, 15) is 29.1 Å². The van der Waals surface area contributed by atoms with Crippen molar-refractivity contribution in [3.8, 4) is 0 Å². The molecular formula is C39H67N7O10. The Labute approximate surface area is 331 Å². The first-order chi connectivity index (χ1) is 26.1. The zero-order valence-electron chi connectivity index (χ0n) is 35.1. The van der Waals surface area contributed by atoms with Crippen molar-refractivity contribution >= 4 is 30.0 Å². The van der Waals surface area contributed by atoms with Gasteiger partial charge in [0.15, 0.2) is 0 Å². The quantitative estimate of drug-likeness (QED) is 0.270. The molecule has 0 aliphatic carbocycles. The second kappa shape index (κ2) is 21.0. The summed E-state index contributed by atoms with van der Waals surface area (Å²) < 4.78 is 24.2. The molecule has 0 bridgehead atoms. The van der Waals surface area contributed by atoms with Crippen molar-refractivity contribution in [2.24, 2.45) is 0 Å². The number of carbonyl (C=O) groups is 4. The molecule has 2 fully saturated rings. The monoisotopic (exact) mass is 793 g/mol. The average molecular weight is 794 g/mol. The van der Waals surface area contributed by atoms with E-state index < -0.39 is 47.0 Å². The third kappa shape index (κ3) is 17.0. The molecule has 17 heteroatoms. The molecule has 0 aromatic carbocycles. The SMILES string of the molecule is CC(C)(C)OC(=O)N1CCCN(C(=O)OC(C)(C)C)CCN(C(=O)OC(C)(C)C)CCCN(CCCCC(=O)Nc2ccn([C@H]3CC[C@@H](CO)O3)c(=O)n2)CC1. The zero-order chi connectivity index (χ0) is 41.7. The number of nitrogens with one attached hydrogen (secondary N) is 1. The fourth-order valence-corrected chi connectivity index (χ4v) is 6.19. The molecular weight excluding hydrogens is 726 g/mol. The number of ether oxygens (including phenoxy) is 4. The fourth-order valence-electron chi connectivity index (χ4n) is 6.19. The van der Waals surface area contributed by atoms with Gasteiger partial charge in [0.2, 0.25) is 5.91 Å². The van der Waals surface area contributed by atoms with Gasteiger partial charge in [0.25, 0.3) is 0 Å². The third-order valence-electron chi connectivity index (χ3n) is 8.86. The Hall–Kier alpha value is -3.96. The lowest BCUT2D eigenvalue weighted by Crippen LogP contribution is -2.47. The van der Waals surface area contributed by atoms with Crippen molar-refractivity contribution < 1.29 is 43.2 Å². The van der Waals surface area contributed by atoms with Crippen LogP contribution in [-0.2, 0) is 23.7 Å². The molecule has 0 unspecified atom stereocenters. The van der Waals surface area contributed by atoms with E-state index in [0.717, 1.165) is 0 Å². The predicted molar refractivity (Wildman–Crippen MR) is 210 cm³/mol. The molecule has 2 aliphatic heterocycles. The van der Waals surface area contributed by atoms with Crippen LogP contribution < -0.4 is 11.0 Å². The predicted octanol–water partition coefficient (Wildman–Crippen LogP) is 4.83. The Kier molecular flexibility index (Phi) is 17.4. The highest BCUT2D eigenvalue weighted by Crippen LogP contribution is 2.26. The van der Waals surface area contributed by atoms with Crippen LogP contribution in [0.3, 0.4) is 0 Å². The lowest BCUT2D eigenvalue weighted by atomic mass is 10.2. The maximum absolute atomic E-state index is 13.3. The van der Waals surface area contributed by atoms with Crippen LogP contribution in [-0.4, -0.2) is 147 Å². The van der Waals surface area contributed by atoms with E-state index in [1.54, 1.807) is 41.5 Å². The second-order valence-corrected chi connectivity index (χ2v) is 17.4. The maximum Gasteiger partial charge on any atom is 0.410 e. The molecule has 1 aromatic rings. The normalized spacial score (nSPS) is 19.9. The van der Waals surface area contributed by atoms with Crippen molar-refractivity contribution in [1.82, 2.24) is 29.2 Å². The molecule has 2 N–H and O–H groups in total. The van der Waals surface area contributed by atoms with Crippen LogP contribution in [0.5, 0.6) is 0 Å². The lowest BCUT2D eigenvalue weighted by molar-refractivity contribution is -0.116. The fraction of sp³-hybridized carbons (Fsp3) is 0.795.